The van der Waals surface area contributed by atoms with Gasteiger partial charge in [0, 0.05) is 24.4 Å². The van der Waals surface area contributed by atoms with Crippen LogP contribution in [0, 0.1) is 0 Å². The first kappa shape index (κ1) is 16.7. The minimum absolute atomic E-state index is 0.322. The van der Waals surface area contributed by atoms with E-state index in [4.69, 9.17) is 10.7 Å². The van der Waals surface area contributed by atoms with Crippen LogP contribution in [0.25, 0.3) is 22.2 Å². The molecule has 1 aliphatic heterocycles. The highest BCUT2D eigenvalue weighted by Crippen LogP contribution is 2.30. The lowest BCUT2D eigenvalue weighted by Crippen LogP contribution is -2.36. The molecule has 4 aromatic rings. The standard InChI is InChI=1S/C22H22N6/c23-20-17-10-4-5-11-18(17)26-22(27-20)28-12-6-9-16(14-28)21-24-13-19(25-21)15-7-2-1-3-8-15/h1-5,7-8,10-11,13,16H,6,9,12,14H2,(H,24,25)(H2,23,26,27). The van der Waals surface area contributed by atoms with Gasteiger partial charge in [0.1, 0.15) is 11.6 Å². The van der Waals surface area contributed by atoms with Gasteiger partial charge in [-0.2, -0.15) is 4.98 Å². The van der Waals surface area contributed by atoms with E-state index < -0.39 is 0 Å². The molecule has 0 saturated carbocycles. The predicted octanol–water partition coefficient (Wildman–Crippen LogP) is 3.99. The summed E-state index contributed by atoms with van der Waals surface area (Å²) in [7, 11) is 0. The van der Waals surface area contributed by atoms with Crippen LogP contribution >= 0.6 is 0 Å². The van der Waals surface area contributed by atoms with Crippen molar-refractivity contribution in [1.82, 2.24) is 19.9 Å². The number of hydrogen-bond donors (Lipinski definition) is 2. The van der Waals surface area contributed by atoms with Gasteiger partial charge in [-0.05, 0) is 30.5 Å². The third-order valence-electron chi connectivity index (χ3n) is 5.39. The molecule has 6 heteroatoms. The van der Waals surface area contributed by atoms with Crippen molar-refractivity contribution in [3.05, 3.63) is 66.6 Å². The van der Waals surface area contributed by atoms with Crippen LogP contribution in [0.1, 0.15) is 24.6 Å². The molecule has 0 aliphatic carbocycles. The van der Waals surface area contributed by atoms with Crippen molar-refractivity contribution in [3.63, 3.8) is 0 Å². The zero-order chi connectivity index (χ0) is 18.9. The van der Waals surface area contributed by atoms with Gasteiger partial charge in [-0.1, -0.05) is 42.5 Å². The molecule has 2 aromatic heterocycles. The zero-order valence-electron chi connectivity index (χ0n) is 15.5. The Morgan fingerprint density at radius 2 is 1.82 bits per heavy atom. The smallest absolute Gasteiger partial charge is 0.227 e. The Kier molecular flexibility index (Phi) is 4.16. The first-order chi connectivity index (χ1) is 13.8. The fourth-order valence-electron chi connectivity index (χ4n) is 3.92. The SMILES string of the molecule is Nc1nc(N2CCCC(c3ncc(-c4ccccc4)[nH]3)C2)nc2ccccc12. The molecule has 0 spiro atoms. The summed E-state index contributed by atoms with van der Waals surface area (Å²) in [5.74, 6) is 2.59. The van der Waals surface area contributed by atoms with Crippen molar-refractivity contribution in [2.75, 3.05) is 23.7 Å². The Bertz CT molecular complexity index is 1100. The lowest BCUT2D eigenvalue weighted by atomic mass is 9.97. The second kappa shape index (κ2) is 6.96. The first-order valence-electron chi connectivity index (χ1n) is 9.65. The fourth-order valence-corrected chi connectivity index (χ4v) is 3.92. The van der Waals surface area contributed by atoms with Crippen molar-refractivity contribution < 1.29 is 0 Å². The quantitative estimate of drug-likeness (QED) is 0.570. The number of para-hydroxylation sites is 1. The number of imidazole rings is 1. The van der Waals surface area contributed by atoms with E-state index in [0.717, 1.165) is 53.9 Å². The van der Waals surface area contributed by atoms with E-state index in [1.54, 1.807) is 0 Å². The summed E-state index contributed by atoms with van der Waals surface area (Å²) >= 11 is 0. The van der Waals surface area contributed by atoms with Gasteiger partial charge in [-0.15, -0.1) is 0 Å². The van der Waals surface area contributed by atoms with Gasteiger partial charge in [-0.3, -0.25) is 0 Å². The van der Waals surface area contributed by atoms with Crippen molar-refractivity contribution in [2.45, 2.75) is 18.8 Å². The van der Waals surface area contributed by atoms with Gasteiger partial charge in [0.15, 0.2) is 0 Å². The molecular formula is C22H22N6. The number of benzene rings is 2. The maximum atomic E-state index is 6.18. The van der Waals surface area contributed by atoms with E-state index >= 15 is 0 Å². The number of fused-ring (bicyclic) bond motifs is 1. The number of H-pyrrole nitrogens is 1. The average Bonchev–Trinajstić information content (AvgIpc) is 3.25. The molecular weight excluding hydrogens is 348 g/mol. The van der Waals surface area contributed by atoms with Crippen molar-refractivity contribution in [2.24, 2.45) is 0 Å². The summed E-state index contributed by atoms with van der Waals surface area (Å²) in [6.45, 7) is 1.76. The summed E-state index contributed by atoms with van der Waals surface area (Å²) < 4.78 is 0. The molecule has 0 bridgehead atoms. The monoisotopic (exact) mass is 370 g/mol. The van der Waals surface area contributed by atoms with Crippen molar-refractivity contribution in [3.8, 4) is 11.3 Å². The largest absolute Gasteiger partial charge is 0.383 e. The van der Waals surface area contributed by atoms with E-state index in [1.807, 2.05) is 48.7 Å². The minimum Gasteiger partial charge on any atom is -0.383 e. The lowest BCUT2D eigenvalue weighted by molar-refractivity contribution is 0.489. The fraction of sp³-hybridized carbons (Fsp3) is 0.227. The molecule has 1 fully saturated rings. The highest BCUT2D eigenvalue weighted by Gasteiger charge is 2.25. The van der Waals surface area contributed by atoms with Crippen LogP contribution in [0.4, 0.5) is 11.8 Å². The Hall–Kier alpha value is -3.41. The van der Waals surface area contributed by atoms with Crippen molar-refractivity contribution >= 4 is 22.7 Å². The third-order valence-corrected chi connectivity index (χ3v) is 5.39. The van der Waals surface area contributed by atoms with Crippen LogP contribution in [-0.2, 0) is 0 Å². The van der Waals surface area contributed by atoms with Crippen molar-refractivity contribution in [1.29, 1.82) is 0 Å². The van der Waals surface area contributed by atoms with Crippen LogP contribution < -0.4 is 10.6 Å². The molecule has 3 heterocycles. The highest BCUT2D eigenvalue weighted by atomic mass is 15.3. The van der Waals surface area contributed by atoms with Gasteiger partial charge in [0.05, 0.1) is 17.4 Å². The highest BCUT2D eigenvalue weighted by molar-refractivity contribution is 5.88. The van der Waals surface area contributed by atoms with Gasteiger partial charge >= 0.3 is 0 Å². The summed E-state index contributed by atoms with van der Waals surface area (Å²) in [4.78, 5) is 19.7. The molecule has 2 aromatic carbocycles. The van der Waals surface area contributed by atoms with E-state index in [2.05, 4.69) is 32.0 Å². The van der Waals surface area contributed by atoms with E-state index in [9.17, 15) is 0 Å². The Morgan fingerprint density at radius 3 is 2.71 bits per heavy atom. The summed E-state index contributed by atoms with van der Waals surface area (Å²) in [5, 5.41) is 0.901. The minimum atomic E-state index is 0.322. The molecule has 1 saturated heterocycles. The Balaban J connectivity index is 1.40. The third kappa shape index (κ3) is 3.07. The predicted molar refractivity (Wildman–Crippen MR) is 112 cm³/mol. The van der Waals surface area contributed by atoms with Gasteiger partial charge in [0.2, 0.25) is 5.95 Å². The Morgan fingerprint density at radius 1 is 1.00 bits per heavy atom. The first-order valence-corrected chi connectivity index (χ1v) is 9.65. The molecule has 28 heavy (non-hydrogen) atoms. The molecule has 1 aliphatic rings. The lowest BCUT2D eigenvalue weighted by Gasteiger charge is -2.32. The topological polar surface area (TPSA) is 83.7 Å². The molecule has 0 amide bonds. The molecule has 1 unspecified atom stereocenters. The maximum absolute atomic E-state index is 6.18. The van der Waals surface area contributed by atoms with Crippen LogP contribution in [0.3, 0.4) is 0 Å². The zero-order valence-corrected chi connectivity index (χ0v) is 15.5. The second-order valence-electron chi connectivity index (χ2n) is 7.26. The van der Waals surface area contributed by atoms with Crippen LogP contribution in [0.15, 0.2) is 60.8 Å². The normalized spacial score (nSPS) is 17.1. The van der Waals surface area contributed by atoms with E-state index in [1.165, 1.54) is 0 Å². The molecule has 5 rings (SSSR count). The summed E-state index contributed by atoms with van der Waals surface area (Å²) in [5.41, 5.74) is 9.27. The van der Waals surface area contributed by atoms with E-state index in [0.29, 0.717) is 17.7 Å². The molecule has 3 N–H and O–H groups in total. The number of nitrogens with zero attached hydrogens (tertiary/aromatic N) is 4. The van der Waals surface area contributed by atoms with Crippen LogP contribution in [-0.4, -0.2) is 33.0 Å². The maximum Gasteiger partial charge on any atom is 0.227 e. The number of aromatic nitrogens is 4. The van der Waals surface area contributed by atoms with E-state index in [-0.39, 0.29) is 0 Å². The number of piperidine rings is 1. The summed E-state index contributed by atoms with van der Waals surface area (Å²) in [6.07, 6.45) is 4.09. The summed E-state index contributed by atoms with van der Waals surface area (Å²) in [6, 6.07) is 18.2. The van der Waals surface area contributed by atoms with Gasteiger partial charge in [-0.25, -0.2) is 9.97 Å². The number of rotatable bonds is 3. The van der Waals surface area contributed by atoms with Crippen LogP contribution in [0.5, 0.6) is 0 Å². The molecule has 140 valence electrons. The number of nitrogens with one attached hydrogen (secondary N) is 1. The molecule has 6 nitrogen and oxygen atoms in total. The van der Waals surface area contributed by atoms with Gasteiger partial charge < -0.3 is 15.6 Å². The number of nitrogen functional groups attached to an aromatic ring is 1. The van der Waals surface area contributed by atoms with Gasteiger partial charge in [0.25, 0.3) is 0 Å². The Labute approximate surface area is 163 Å². The number of aromatic amines is 1. The number of anilines is 2. The molecule has 1 atom stereocenters. The molecule has 0 radical (unpaired) electrons. The average molecular weight is 370 g/mol. The second-order valence-corrected chi connectivity index (χ2v) is 7.26. The number of hydrogen-bond acceptors (Lipinski definition) is 5. The number of nitrogens with two attached hydrogens (primary N) is 1. The van der Waals surface area contributed by atoms with Crippen LogP contribution in [0.2, 0.25) is 0 Å².